The van der Waals surface area contributed by atoms with E-state index in [9.17, 15) is 13.2 Å². The molecule has 6 nitrogen and oxygen atoms in total. The van der Waals surface area contributed by atoms with Crippen LogP contribution in [0.1, 0.15) is 40.7 Å². The molecule has 0 fully saturated rings. The lowest BCUT2D eigenvalue weighted by molar-refractivity contribution is 0.0951. The van der Waals surface area contributed by atoms with Crippen molar-refractivity contribution in [2.24, 2.45) is 5.92 Å². The van der Waals surface area contributed by atoms with Crippen molar-refractivity contribution in [1.82, 2.24) is 9.97 Å². The molecule has 1 atom stereocenters. The van der Waals surface area contributed by atoms with Crippen LogP contribution in [0, 0.1) is 19.8 Å². The first-order chi connectivity index (χ1) is 11.3. The average Bonchev–Trinajstić information content (AvgIpc) is 2.45. The van der Waals surface area contributed by atoms with Crippen molar-refractivity contribution >= 4 is 21.8 Å². The van der Waals surface area contributed by atoms with Gasteiger partial charge < -0.3 is 0 Å². The van der Waals surface area contributed by atoms with Gasteiger partial charge in [0.15, 0.2) is 5.78 Å². The van der Waals surface area contributed by atoms with Crippen molar-refractivity contribution in [2.45, 2.75) is 38.5 Å². The number of aryl methyl sites for hydroxylation is 2. The summed E-state index contributed by atoms with van der Waals surface area (Å²) in [5.74, 6) is 0.226. The minimum Gasteiger partial charge on any atom is -0.294 e. The summed E-state index contributed by atoms with van der Waals surface area (Å²) in [6.07, 6.45) is 1.12. The van der Waals surface area contributed by atoms with E-state index < -0.39 is 10.0 Å². The van der Waals surface area contributed by atoms with Crippen molar-refractivity contribution in [3.8, 4) is 0 Å². The molecule has 0 unspecified atom stereocenters. The molecule has 0 saturated heterocycles. The third kappa shape index (κ3) is 3.17. The zero-order chi connectivity index (χ0) is 17.5. The second-order valence-corrected chi connectivity index (χ2v) is 7.99. The Morgan fingerprint density at radius 2 is 1.75 bits per heavy atom. The van der Waals surface area contributed by atoms with E-state index in [-0.39, 0.29) is 22.5 Å². The summed E-state index contributed by atoms with van der Waals surface area (Å²) in [5.41, 5.74) is 2.64. The van der Waals surface area contributed by atoms with Crippen molar-refractivity contribution in [2.75, 3.05) is 4.72 Å². The van der Waals surface area contributed by atoms with Gasteiger partial charge in [0.1, 0.15) is 0 Å². The van der Waals surface area contributed by atoms with Crippen molar-refractivity contribution in [3.05, 3.63) is 46.8 Å². The highest BCUT2D eigenvalue weighted by Crippen LogP contribution is 2.27. The third-order valence-corrected chi connectivity index (χ3v) is 5.42. The first kappa shape index (κ1) is 16.6. The van der Waals surface area contributed by atoms with Crippen LogP contribution in [0.5, 0.6) is 0 Å². The Morgan fingerprint density at radius 3 is 2.42 bits per heavy atom. The number of ketones is 1. The van der Waals surface area contributed by atoms with Gasteiger partial charge in [-0.15, -0.1) is 0 Å². The molecule has 1 heterocycles. The summed E-state index contributed by atoms with van der Waals surface area (Å²) in [6, 6.07) is 6.53. The molecule has 7 heteroatoms. The van der Waals surface area contributed by atoms with Crippen LogP contribution in [-0.4, -0.2) is 24.2 Å². The molecule has 24 heavy (non-hydrogen) atoms. The van der Waals surface area contributed by atoms with Crippen LogP contribution in [0.3, 0.4) is 0 Å². The Morgan fingerprint density at radius 1 is 1.08 bits per heavy atom. The summed E-state index contributed by atoms with van der Waals surface area (Å²) in [4.78, 5) is 20.7. The van der Waals surface area contributed by atoms with E-state index >= 15 is 0 Å². The Balaban J connectivity index is 1.96. The average molecular weight is 345 g/mol. The van der Waals surface area contributed by atoms with Crippen LogP contribution in [0.4, 0.5) is 5.95 Å². The molecule has 1 aliphatic carbocycles. The van der Waals surface area contributed by atoms with E-state index in [0.717, 1.165) is 5.56 Å². The second-order valence-electron chi connectivity index (χ2n) is 6.31. The summed E-state index contributed by atoms with van der Waals surface area (Å²) in [5, 5.41) is 0. The van der Waals surface area contributed by atoms with Gasteiger partial charge in [0.2, 0.25) is 5.95 Å². The zero-order valence-corrected chi connectivity index (χ0v) is 14.6. The molecule has 1 aliphatic rings. The van der Waals surface area contributed by atoms with Crippen LogP contribution in [-0.2, 0) is 16.4 Å². The SMILES string of the molecule is Cc1ccc(S(=O)(=O)Nc2nc(C)c3c(n2)C[C@@H](C)CC3=O)cc1. The molecule has 1 aromatic heterocycles. The standard InChI is InChI=1S/C17H19N3O3S/c1-10-4-6-13(7-5-10)24(22,23)20-17-18-12(3)16-14(19-17)8-11(2)9-15(16)21/h4-7,11H,8-9H2,1-3H3,(H,18,19,20)/t11-/m1/s1. The highest BCUT2D eigenvalue weighted by atomic mass is 32.2. The Kier molecular flexibility index (Phi) is 4.13. The number of sulfonamides is 1. The van der Waals surface area contributed by atoms with E-state index in [0.29, 0.717) is 29.8 Å². The zero-order valence-electron chi connectivity index (χ0n) is 13.8. The van der Waals surface area contributed by atoms with Crippen LogP contribution in [0.15, 0.2) is 29.2 Å². The smallest absolute Gasteiger partial charge is 0.264 e. The summed E-state index contributed by atoms with van der Waals surface area (Å²) < 4.78 is 27.3. The van der Waals surface area contributed by atoms with E-state index in [1.807, 2.05) is 13.8 Å². The lowest BCUT2D eigenvalue weighted by Gasteiger charge is -2.21. The lowest BCUT2D eigenvalue weighted by atomic mass is 9.86. The summed E-state index contributed by atoms with van der Waals surface area (Å²) in [7, 11) is -3.76. The Hall–Kier alpha value is -2.28. The monoisotopic (exact) mass is 345 g/mol. The summed E-state index contributed by atoms with van der Waals surface area (Å²) in [6.45, 7) is 5.57. The van der Waals surface area contributed by atoms with Gasteiger partial charge in [0.25, 0.3) is 10.0 Å². The largest absolute Gasteiger partial charge is 0.294 e. The third-order valence-electron chi connectivity index (χ3n) is 4.08. The number of hydrogen-bond donors (Lipinski definition) is 1. The van der Waals surface area contributed by atoms with Crippen LogP contribution >= 0.6 is 0 Å². The van der Waals surface area contributed by atoms with Crippen molar-refractivity contribution in [1.29, 1.82) is 0 Å². The summed E-state index contributed by atoms with van der Waals surface area (Å²) >= 11 is 0. The fourth-order valence-corrected chi connectivity index (χ4v) is 3.85. The number of nitrogens with zero attached hydrogens (tertiary/aromatic N) is 2. The molecule has 0 spiro atoms. The lowest BCUT2D eigenvalue weighted by Crippen LogP contribution is -2.23. The van der Waals surface area contributed by atoms with E-state index in [1.165, 1.54) is 12.1 Å². The number of fused-ring (bicyclic) bond motifs is 1. The van der Waals surface area contributed by atoms with Crippen LogP contribution in [0.2, 0.25) is 0 Å². The number of carbonyl (C=O) groups is 1. The highest BCUT2D eigenvalue weighted by Gasteiger charge is 2.27. The van der Waals surface area contributed by atoms with Gasteiger partial charge in [0.05, 0.1) is 21.8 Å². The van der Waals surface area contributed by atoms with E-state index in [2.05, 4.69) is 14.7 Å². The van der Waals surface area contributed by atoms with Gasteiger partial charge in [0, 0.05) is 6.42 Å². The first-order valence-corrected chi connectivity index (χ1v) is 9.25. The number of rotatable bonds is 3. The highest BCUT2D eigenvalue weighted by molar-refractivity contribution is 7.92. The topological polar surface area (TPSA) is 89.0 Å². The molecular formula is C17H19N3O3S. The quantitative estimate of drug-likeness (QED) is 0.924. The number of aromatic nitrogens is 2. The Labute approximate surface area is 141 Å². The number of carbonyl (C=O) groups excluding carboxylic acids is 1. The molecule has 0 bridgehead atoms. The van der Waals surface area contributed by atoms with Gasteiger partial charge in [-0.25, -0.2) is 23.1 Å². The fourth-order valence-electron chi connectivity index (χ4n) is 2.91. The Bertz CT molecular complexity index is 905. The van der Waals surface area contributed by atoms with Crippen LogP contribution in [0.25, 0.3) is 0 Å². The van der Waals surface area contributed by atoms with Crippen molar-refractivity contribution in [3.63, 3.8) is 0 Å². The molecule has 0 aliphatic heterocycles. The minimum atomic E-state index is -3.76. The fraction of sp³-hybridized carbons (Fsp3) is 0.353. The number of nitrogens with one attached hydrogen (secondary N) is 1. The molecule has 3 rings (SSSR count). The minimum absolute atomic E-state index is 0.00808. The van der Waals surface area contributed by atoms with Crippen molar-refractivity contribution < 1.29 is 13.2 Å². The van der Waals surface area contributed by atoms with Gasteiger partial charge in [-0.2, -0.15) is 0 Å². The van der Waals surface area contributed by atoms with Gasteiger partial charge in [-0.05, 0) is 38.3 Å². The molecular weight excluding hydrogens is 326 g/mol. The maximum absolute atomic E-state index is 12.5. The number of benzene rings is 1. The predicted molar refractivity (Wildman–Crippen MR) is 90.6 cm³/mol. The van der Waals surface area contributed by atoms with Gasteiger partial charge in [-0.1, -0.05) is 24.6 Å². The first-order valence-electron chi connectivity index (χ1n) is 7.76. The van der Waals surface area contributed by atoms with Gasteiger partial charge in [-0.3, -0.25) is 4.79 Å². The van der Waals surface area contributed by atoms with Crippen LogP contribution < -0.4 is 4.72 Å². The normalized spacial score (nSPS) is 17.5. The molecule has 126 valence electrons. The number of Topliss-reactive ketones (excluding diaryl/α,β-unsaturated/α-hetero) is 1. The van der Waals surface area contributed by atoms with E-state index in [4.69, 9.17) is 0 Å². The molecule has 2 aromatic rings. The number of hydrogen-bond acceptors (Lipinski definition) is 5. The second kappa shape index (κ2) is 5.98. The number of anilines is 1. The maximum atomic E-state index is 12.5. The molecule has 1 aromatic carbocycles. The molecule has 0 saturated carbocycles. The molecule has 0 radical (unpaired) electrons. The van der Waals surface area contributed by atoms with Gasteiger partial charge >= 0.3 is 0 Å². The predicted octanol–water partition coefficient (Wildman–Crippen LogP) is 2.66. The molecule has 0 amide bonds. The molecule has 1 N–H and O–H groups in total. The van der Waals surface area contributed by atoms with E-state index in [1.54, 1.807) is 19.1 Å². The maximum Gasteiger partial charge on any atom is 0.264 e.